The SMILES string of the molecule is C1=C2CCC3=Cc4ccccc4[CH]3[Zr+2][CH]2c2ccccc21.[O-]c1ccccc1.[O-]c1ccccc1. The average Bonchev–Trinajstić information content (AvgIpc) is 3.37. The van der Waals surface area contributed by atoms with Crippen molar-refractivity contribution in [2.45, 2.75) is 20.1 Å². The van der Waals surface area contributed by atoms with Gasteiger partial charge in [0.05, 0.1) is 0 Å². The minimum atomic E-state index is -0.553. The van der Waals surface area contributed by atoms with Crippen molar-refractivity contribution >= 4 is 12.2 Å². The first-order valence-electron chi connectivity index (χ1n) is 12.0. The minimum Gasteiger partial charge on any atom is -0.872 e. The summed E-state index contributed by atoms with van der Waals surface area (Å²) in [4.78, 5) is 0. The van der Waals surface area contributed by atoms with Gasteiger partial charge in [-0.15, -0.1) is 11.5 Å². The van der Waals surface area contributed by atoms with Crippen molar-refractivity contribution in [1.29, 1.82) is 0 Å². The summed E-state index contributed by atoms with van der Waals surface area (Å²) in [5.74, 6) is 0.144. The molecule has 1 heterocycles. The predicted octanol–water partition coefficient (Wildman–Crippen LogP) is 6.66. The van der Waals surface area contributed by atoms with Crippen LogP contribution >= 0.6 is 0 Å². The van der Waals surface area contributed by atoms with Gasteiger partial charge in [0.25, 0.3) is 0 Å². The molecule has 2 nitrogen and oxygen atoms in total. The van der Waals surface area contributed by atoms with Gasteiger partial charge < -0.3 is 10.2 Å². The molecule has 3 heteroatoms. The molecule has 3 aliphatic rings. The van der Waals surface area contributed by atoms with Gasteiger partial charge in [-0.25, -0.2) is 0 Å². The Labute approximate surface area is 218 Å². The largest absolute Gasteiger partial charge is 0.872 e. The number of para-hydroxylation sites is 2. The molecular formula is C32H26O2Zr. The number of hydrogen-bond acceptors (Lipinski definition) is 2. The second-order valence-electron chi connectivity index (χ2n) is 8.86. The Morgan fingerprint density at radius 2 is 0.857 bits per heavy atom. The molecule has 0 amide bonds. The van der Waals surface area contributed by atoms with Crippen LogP contribution in [0.3, 0.4) is 0 Å². The van der Waals surface area contributed by atoms with Crippen LogP contribution in [-0.2, 0) is 23.2 Å². The molecule has 35 heavy (non-hydrogen) atoms. The molecule has 0 saturated carbocycles. The average molecular weight is 534 g/mol. The first-order valence-corrected chi connectivity index (χ1v) is 14.8. The van der Waals surface area contributed by atoms with E-state index in [2.05, 4.69) is 60.7 Å². The molecule has 4 aromatic rings. The van der Waals surface area contributed by atoms with Gasteiger partial charge in [-0.05, 0) is 0 Å². The second kappa shape index (κ2) is 11.1. The van der Waals surface area contributed by atoms with E-state index in [1.807, 2.05) is 12.1 Å². The Morgan fingerprint density at radius 1 is 0.486 bits per heavy atom. The van der Waals surface area contributed by atoms with E-state index in [4.69, 9.17) is 0 Å². The number of hydrogen-bond donors (Lipinski definition) is 0. The summed E-state index contributed by atoms with van der Waals surface area (Å²) in [5, 5.41) is 20.5. The summed E-state index contributed by atoms with van der Waals surface area (Å²) in [6.45, 7) is 0. The zero-order valence-electron chi connectivity index (χ0n) is 19.4. The van der Waals surface area contributed by atoms with E-state index in [1.54, 1.807) is 46.5 Å². The van der Waals surface area contributed by atoms with Gasteiger partial charge in [-0.3, -0.25) is 0 Å². The molecule has 4 aromatic carbocycles. The summed E-state index contributed by atoms with van der Waals surface area (Å²) < 4.78 is 1.62. The third-order valence-corrected chi connectivity index (χ3v) is 11.5. The van der Waals surface area contributed by atoms with E-state index in [0.29, 0.717) is 0 Å². The van der Waals surface area contributed by atoms with Crippen LogP contribution in [0, 0.1) is 0 Å². The number of fused-ring (bicyclic) bond motifs is 6. The van der Waals surface area contributed by atoms with E-state index >= 15 is 0 Å². The molecular weight excluding hydrogens is 508 g/mol. The number of rotatable bonds is 0. The normalized spacial score (nSPS) is 18.1. The number of benzene rings is 4. The maximum Gasteiger partial charge on any atom is -0.0623 e. The Hall–Kier alpha value is -3.16. The van der Waals surface area contributed by atoms with Gasteiger partial charge in [0.15, 0.2) is 0 Å². The Morgan fingerprint density at radius 3 is 1.23 bits per heavy atom. The standard InChI is InChI=1S/C20H16.2C6H6O.Zr/c1-2-6-18-12-15(11-17(18)5-1)9-10-16-13-19-7-3-4-8-20(19)14-16;2*7-6-4-2-1-3-5-6;/h1-8,11-14H,9-10H2;2*1-5,7H;/q;;;+2/p-2. The van der Waals surface area contributed by atoms with Crippen LogP contribution in [0.1, 0.15) is 42.3 Å². The van der Waals surface area contributed by atoms with Gasteiger partial charge in [0.2, 0.25) is 0 Å². The van der Waals surface area contributed by atoms with E-state index in [1.165, 1.54) is 48.2 Å². The van der Waals surface area contributed by atoms with Crippen molar-refractivity contribution in [3.63, 3.8) is 0 Å². The van der Waals surface area contributed by atoms with Gasteiger partial charge in [-0.1, -0.05) is 60.7 Å². The van der Waals surface area contributed by atoms with Crippen LogP contribution in [0.25, 0.3) is 12.2 Å². The van der Waals surface area contributed by atoms with Crippen molar-refractivity contribution in [2.24, 2.45) is 0 Å². The van der Waals surface area contributed by atoms with Gasteiger partial charge in [0, 0.05) is 0 Å². The molecule has 0 bridgehead atoms. The van der Waals surface area contributed by atoms with Crippen LogP contribution < -0.4 is 10.2 Å². The zero-order chi connectivity index (χ0) is 24.0. The summed E-state index contributed by atoms with van der Waals surface area (Å²) in [5.41, 5.74) is 9.72. The fourth-order valence-corrected chi connectivity index (χ4v) is 10.1. The van der Waals surface area contributed by atoms with Crippen LogP contribution in [-0.4, -0.2) is 0 Å². The second-order valence-corrected chi connectivity index (χ2v) is 12.5. The Balaban J connectivity index is 0.000000149. The van der Waals surface area contributed by atoms with Gasteiger partial charge in [0.1, 0.15) is 0 Å². The minimum absolute atomic E-state index is 0.0718. The molecule has 2 atom stereocenters. The van der Waals surface area contributed by atoms with Crippen molar-refractivity contribution in [3.8, 4) is 11.5 Å². The first kappa shape index (κ1) is 23.6. The molecule has 0 aromatic heterocycles. The van der Waals surface area contributed by atoms with Gasteiger partial charge in [-0.2, -0.15) is 0 Å². The third kappa shape index (κ3) is 5.57. The molecule has 0 spiro atoms. The molecule has 7 rings (SSSR count). The van der Waals surface area contributed by atoms with E-state index < -0.39 is 23.2 Å². The van der Waals surface area contributed by atoms with E-state index in [-0.39, 0.29) is 11.5 Å². The maximum absolute atomic E-state index is 10.3. The van der Waals surface area contributed by atoms with Crippen molar-refractivity contribution in [3.05, 3.63) is 143 Å². The van der Waals surface area contributed by atoms with Crippen molar-refractivity contribution in [2.75, 3.05) is 0 Å². The van der Waals surface area contributed by atoms with Crippen LogP contribution in [0.2, 0.25) is 0 Å². The molecule has 1 fully saturated rings. The Kier molecular flexibility index (Phi) is 7.45. The third-order valence-electron chi connectivity index (χ3n) is 6.56. The smallest absolute Gasteiger partial charge is 0.0623 e. The molecule has 1 aliphatic heterocycles. The molecule has 170 valence electrons. The van der Waals surface area contributed by atoms with E-state index in [0.717, 1.165) is 7.25 Å². The van der Waals surface area contributed by atoms with E-state index in [9.17, 15) is 10.2 Å². The molecule has 2 unspecified atom stereocenters. The van der Waals surface area contributed by atoms with Crippen LogP contribution in [0.5, 0.6) is 11.5 Å². The fourth-order valence-electron chi connectivity index (χ4n) is 4.90. The quantitative estimate of drug-likeness (QED) is 0.254. The van der Waals surface area contributed by atoms with Crippen LogP contribution in [0.4, 0.5) is 0 Å². The summed E-state index contributed by atoms with van der Waals surface area (Å²) in [6, 6.07) is 34.8. The topological polar surface area (TPSA) is 46.1 Å². The predicted molar refractivity (Wildman–Crippen MR) is 135 cm³/mol. The monoisotopic (exact) mass is 532 g/mol. The zero-order valence-corrected chi connectivity index (χ0v) is 21.9. The molecule has 2 aliphatic carbocycles. The molecule has 0 radical (unpaired) electrons. The van der Waals surface area contributed by atoms with Crippen LogP contribution in [0.15, 0.2) is 120 Å². The fraction of sp³-hybridized carbons (Fsp3) is 0.125. The summed E-state index contributed by atoms with van der Waals surface area (Å²) in [7, 11) is 0. The van der Waals surface area contributed by atoms with Gasteiger partial charge >= 0.3 is 137 Å². The Bertz CT molecular complexity index is 1240. The maximum atomic E-state index is 10.3. The number of allylic oxidation sites excluding steroid dienone is 2. The molecule has 0 N–H and O–H groups in total. The van der Waals surface area contributed by atoms with Crippen molar-refractivity contribution in [1.82, 2.24) is 0 Å². The van der Waals surface area contributed by atoms with Crippen molar-refractivity contribution < 1.29 is 33.4 Å². The first-order chi connectivity index (χ1) is 17.2. The summed E-state index contributed by atoms with van der Waals surface area (Å²) >= 11 is -0.553. The summed E-state index contributed by atoms with van der Waals surface area (Å²) in [6.07, 6.45) is 7.54. The molecule has 1 saturated heterocycles.